The molecule has 5 N–H and O–H groups in total. The van der Waals surface area contributed by atoms with Gasteiger partial charge in [0.2, 0.25) is 5.95 Å². The first-order chi connectivity index (χ1) is 7.31. The van der Waals surface area contributed by atoms with Crippen LogP contribution in [-0.4, -0.2) is 21.7 Å². The van der Waals surface area contributed by atoms with E-state index in [4.69, 9.17) is 11.5 Å². The number of rotatable bonds is 3. The third kappa shape index (κ3) is 1.97. The minimum atomic E-state index is 0.0241. The van der Waals surface area contributed by atoms with Crippen LogP contribution in [0.3, 0.4) is 0 Å². The predicted octanol–water partition coefficient (Wildman–Crippen LogP) is 0.477. The quantitative estimate of drug-likeness (QED) is 0.676. The summed E-state index contributed by atoms with van der Waals surface area (Å²) in [5.41, 5.74) is 12.3. The van der Waals surface area contributed by atoms with E-state index >= 15 is 0 Å². The Morgan fingerprint density at radius 1 is 1.27 bits per heavy atom. The SMILES string of the molecule is NCC(c1ccccc1)c1nc(N)n[nH]1. The van der Waals surface area contributed by atoms with E-state index in [2.05, 4.69) is 15.2 Å². The van der Waals surface area contributed by atoms with Gasteiger partial charge in [-0.05, 0) is 5.56 Å². The van der Waals surface area contributed by atoms with Crippen LogP contribution in [0, 0.1) is 0 Å². The van der Waals surface area contributed by atoms with Gasteiger partial charge in [-0.25, -0.2) is 0 Å². The number of aromatic nitrogens is 3. The van der Waals surface area contributed by atoms with Crippen LogP contribution in [0.25, 0.3) is 0 Å². The first kappa shape index (κ1) is 9.67. The minimum absolute atomic E-state index is 0.0241. The van der Waals surface area contributed by atoms with E-state index in [9.17, 15) is 0 Å². The van der Waals surface area contributed by atoms with Gasteiger partial charge in [0, 0.05) is 6.54 Å². The first-order valence-corrected chi connectivity index (χ1v) is 4.74. The van der Waals surface area contributed by atoms with Crippen molar-refractivity contribution in [2.45, 2.75) is 5.92 Å². The Bertz CT molecular complexity index is 422. The molecule has 5 heteroatoms. The number of nitrogens with zero attached hydrogens (tertiary/aromatic N) is 2. The van der Waals surface area contributed by atoms with Crippen molar-refractivity contribution in [3.63, 3.8) is 0 Å². The van der Waals surface area contributed by atoms with Gasteiger partial charge in [-0.15, -0.1) is 5.10 Å². The molecule has 2 rings (SSSR count). The van der Waals surface area contributed by atoms with Crippen molar-refractivity contribution in [2.24, 2.45) is 5.73 Å². The molecular weight excluding hydrogens is 190 g/mol. The highest BCUT2D eigenvalue weighted by molar-refractivity contribution is 5.27. The molecule has 0 aliphatic heterocycles. The molecule has 5 nitrogen and oxygen atoms in total. The van der Waals surface area contributed by atoms with E-state index in [0.717, 1.165) is 5.56 Å². The Morgan fingerprint density at radius 2 is 2.00 bits per heavy atom. The van der Waals surface area contributed by atoms with E-state index in [1.54, 1.807) is 0 Å². The average molecular weight is 203 g/mol. The Hall–Kier alpha value is -1.88. The Balaban J connectivity index is 2.33. The Morgan fingerprint density at radius 3 is 2.53 bits per heavy atom. The molecule has 0 radical (unpaired) electrons. The van der Waals surface area contributed by atoms with Crippen LogP contribution >= 0.6 is 0 Å². The lowest BCUT2D eigenvalue weighted by molar-refractivity contribution is 0.755. The molecule has 0 saturated heterocycles. The van der Waals surface area contributed by atoms with Gasteiger partial charge in [-0.1, -0.05) is 30.3 Å². The zero-order chi connectivity index (χ0) is 10.7. The molecule has 1 atom stereocenters. The summed E-state index contributed by atoms with van der Waals surface area (Å²) in [6.45, 7) is 0.471. The minimum Gasteiger partial charge on any atom is -0.367 e. The largest absolute Gasteiger partial charge is 0.367 e. The number of aromatic amines is 1. The van der Waals surface area contributed by atoms with E-state index in [0.29, 0.717) is 12.4 Å². The molecule has 1 aromatic heterocycles. The summed E-state index contributed by atoms with van der Waals surface area (Å²) >= 11 is 0. The van der Waals surface area contributed by atoms with Crippen molar-refractivity contribution in [3.05, 3.63) is 41.7 Å². The molecule has 0 fully saturated rings. The maximum absolute atomic E-state index is 5.72. The van der Waals surface area contributed by atoms with Crippen molar-refractivity contribution >= 4 is 5.95 Å². The van der Waals surface area contributed by atoms with Gasteiger partial charge in [-0.2, -0.15) is 4.98 Å². The van der Waals surface area contributed by atoms with Gasteiger partial charge in [-0.3, -0.25) is 5.10 Å². The molecule has 1 heterocycles. The van der Waals surface area contributed by atoms with Crippen molar-refractivity contribution < 1.29 is 0 Å². The number of anilines is 1. The summed E-state index contributed by atoms with van der Waals surface area (Å²) in [5, 5.41) is 6.59. The van der Waals surface area contributed by atoms with Crippen LogP contribution in [0.15, 0.2) is 30.3 Å². The monoisotopic (exact) mass is 203 g/mol. The fourth-order valence-corrected chi connectivity index (χ4v) is 1.53. The summed E-state index contributed by atoms with van der Waals surface area (Å²) in [6.07, 6.45) is 0. The summed E-state index contributed by atoms with van der Waals surface area (Å²) < 4.78 is 0. The standard InChI is InChI=1S/C10H13N5/c11-6-8(7-4-2-1-3-5-7)9-13-10(12)15-14-9/h1-5,8H,6,11H2,(H3,12,13,14,15). The lowest BCUT2D eigenvalue weighted by Crippen LogP contribution is -2.15. The molecule has 1 aromatic carbocycles. The van der Waals surface area contributed by atoms with Crippen LogP contribution in [0.2, 0.25) is 0 Å². The van der Waals surface area contributed by atoms with Crippen LogP contribution in [0.5, 0.6) is 0 Å². The van der Waals surface area contributed by atoms with Gasteiger partial charge in [0.05, 0.1) is 5.92 Å². The highest BCUT2D eigenvalue weighted by atomic mass is 15.3. The first-order valence-electron chi connectivity index (χ1n) is 4.74. The molecule has 2 aromatic rings. The second-order valence-electron chi connectivity index (χ2n) is 3.28. The van der Waals surface area contributed by atoms with Crippen LogP contribution in [0.1, 0.15) is 17.3 Å². The second-order valence-corrected chi connectivity index (χ2v) is 3.28. The highest BCUT2D eigenvalue weighted by Gasteiger charge is 2.15. The molecule has 15 heavy (non-hydrogen) atoms. The maximum atomic E-state index is 5.72. The third-order valence-corrected chi connectivity index (χ3v) is 2.29. The molecule has 0 aliphatic carbocycles. The summed E-state index contributed by atoms with van der Waals surface area (Å²) in [6, 6.07) is 9.92. The van der Waals surface area contributed by atoms with E-state index in [1.807, 2.05) is 30.3 Å². The van der Waals surface area contributed by atoms with Crippen LogP contribution < -0.4 is 11.5 Å². The van der Waals surface area contributed by atoms with Crippen molar-refractivity contribution in [2.75, 3.05) is 12.3 Å². The normalized spacial score (nSPS) is 12.6. The fraction of sp³-hybridized carbons (Fsp3) is 0.200. The smallest absolute Gasteiger partial charge is 0.239 e. The van der Waals surface area contributed by atoms with Gasteiger partial charge in [0.25, 0.3) is 0 Å². The molecule has 0 aliphatic rings. The average Bonchev–Trinajstić information content (AvgIpc) is 2.68. The fourth-order valence-electron chi connectivity index (χ4n) is 1.53. The lowest BCUT2D eigenvalue weighted by atomic mass is 9.99. The number of hydrogen-bond acceptors (Lipinski definition) is 4. The highest BCUT2D eigenvalue weighted by Crippen LogP contribution is 2.20. The molecule has 0 spiro atoms. The molecule has 1 unspecified atom stereocenters. The van der Waals surface area contributed by atoms with Gasteiger partial charge >= 0.3 is 0 Å². The summed E-state index contributed by atoms with van der Waals surface area (Å²) in [7, 11) is 0. The number of nitrogen functional groups attached to an aromatic ring is 1. The van der Waals surface area contributed by atoms with Crippen molar-refractivity contribution in [3.8, 4) is 0 Å². The molecular formula is C10H13N5. The molecule has 0 amide bonds. The van der Waals surface area contributed by atoms with Crippen LogP contribution in [0.4, 0.5) is 5.95 Å². The number of hydrogen-bond donors (Lipinski definition) is 3. The van der Waals surface area contributed by atoms with E-state index < -0.39 is 0 Å². The number of nitrogens with two attached hydrogens (primary N) is 2. The van der Waals surface area contributed by atoms with Gasteiger partial charge < -0.3 is 11.5 Å². The summed E-state index contributed by atoms with van der Waals surface area (Å²) in [5.74, 6) is 0.983. The van der Waals surface area contributed by atoms with Gasteiger partial charge in [0.15, 0.2) is 0 Å². The maximum Gasteiger partial charge on any atom is 0.239 e. The number of benzene rings is 1. The topological polar surface area (TPSA) is 93.6 Å². The molecule has 0 saturated carbocycles. The third-order valence-electron chi connectivity index (χ3n) is 2.29. The zero-order valence-corrected chi connectivity index (χ0v) is 8.22. The predicted molar refractivity (Wildman–Crippen MR) is 58.1 cm³/mol. The molecule has 78 valence electrons. The summed E-state index contributed by atoms with van der Waals surface area (Å²) in [4.78, 5) is 4.09. The van der Waals surface area contributed by atoms with E-state index in [1.165, 1.54) is 0 Å². The zero-order valence-electron chi connectivity index (χ0n) is 8.22. The van der Waals surface area contributed by atoms with Gasteiger partial charge in [0.1, 0.15) is 5.82 Å². The number of nitrogens with one attached hydrogen (secondary N) is 1. The Kier molecular flexibility index (Phi) is 2.64. The molecule has 0 bridgehead atoms. The Labute approximate surface area is 87.5 Å². The van der Waals surface area contributed by atoms with Crippen molar-refractivity contribution in [1.29, 1.82) is 0 Å². The van der Waals surface area contributed by atoms with Crippen LogP contribution in [-0.2, 0) is 0 Å². The lowest BCUT2D eigenvalue weighted by Gasteiger charge is -2.11. The van der Waals surface area contributed by atoms with Crippen molar-refractivity contribution in [1.82, 2.24) is 15.2 Å². The van der Waals surface area contributed by atoms with E-state index in [-0.39, 0.29) is 11.9 Å². The number of H-pyrrole nitrogens is 1. The second kappa shape index (κ2) is 4.10.